The highest BCUT2D eigenvalue weighted by atomic mass is 35.5. The number of halogens is 1. The second-order valence-electron chi connectivity index (χ2n) is 10.1. The third kappa shape index (κ3) is 6.70. The van der Waals surface area contributed by atoms with Crippen molar-refractivity contribution in [1.82, 2.24) is 20.9 Å². The van der Waals surface area contributed by atoms with Crippen LogP contribution in [0.15, 0.2) is 18.2 Å². The van der Waals surface area contributed by atoms with Crippen LogP contribution in [-0.2, 0) is 9.59 Å². The van der Waals surface area contributed by atoms with Crippen molar-refractivity contribution in [3.8, 4) is 18.1 Å². The maximum atomic E-state index is 13.2. The van der Waals surface area contributed by atoms with E-state index < -0.39 is 18.0 Å². The molecule has 1 aliphatic heterocycles. The Morgan fingerprint density at radius 1 is 1.31 bits per heavy atom. The molecule has 0 spiro atoms. The lowest BCUT2D eigenvalue weighted by molar-refractivity contribution is -0.128. The lowest BCUT2D eigenvalue weighted by Gasteiger charge is -2.28. The Morgan fingerprint density at radius 3 is 2.69 bits per heavy atom. The molecule has 0 radical (unpaired) electrons. The van der Waals surface area contributed by atoms with Crippen molar-refractivity contribution in [3.05, 3.63) is 28.9 Å². The second-order valence-corrected chi connectivity index (χ2v) is 10.5. The summed E-state index contributed by atoms with van der Waals surface area (Å²) in [6, 6.07) is 3.60. The van der Waals surface area contributed by atoms with Crippen LogP contribution in [0.2, 0.25) is 5.02 Å². The zero-order valence-electron chi connectivity index (χ0n) is 20.6. The Labute approximate surface area is 210 Å². The van der Waals surface area contributed by atoms with Gasteiger partial charge in [0, 0.05) is 17.8 Å². The van der Waals surface area contributed by atoms with Crippen LogP contribution in [0.5, 0.6) is 5.75 Å². The molecule has 0 bridgehead atoms. The third-order valence-corrected chi connectivity index (χ3v) is 6.36. The molecule has 188 valence electrons. The van der Waals surface area contributed by atoms with E-state index in [-0.39, 0.29) is 28.8 Å². The van der Waals surface area contributed by atoms with E-state index in [1.165, 1.54) is 7.11 Å². The molecule has 3 atom stereocenters. The number of rotatable bonds is 8. The van der Waals surface area contributed by atoms with E-state index in [1.807, 2.05) is 20.8 Å². The molecule has 1 fully saturated rings. The van der Waals surface area contributed by atoms with Gasteiger partial charge in [-0.15, -0.1) is 6.42 Å². The zero-order valence-corrected chi connectivity index (χ0v) is 21.3. The Hall–Kier alpha value is -3.18. The minimum absolute atomic E-state index is 0.0433. The summed E-state index contributed by atoms with van der Waals surface area (Å²) in [6.45, 7) is 6.61. The average molecular weight is 501 g/mol. The van der Waals surface area contributed by atoms with Crippen LogP contribution in [0.1, 0.15) is 56.9 Å². The van der Waals surface area contributed by atoms with Crippen LogP contribution in [0, 0.1) is 23.7 Å². The van der Waals surface area contributed by atoms with Gasteiger partial charge in [0.05, 0.1) is 23.7 Å². The van der Waals surface area contributed by atoms with Gasteiger partial charge in [0.2, 0.25) is 11.8 Å². The van der Waals surface area contributed by atoms with E-state index in [0.29, 0.717) is 41.1 Å². The summed E-state index contributed by atoms with van der Waals surface area (Å²) in [5, 5.41) is 9.64. The van der Waals surface area contributed by atoms with Crippen molar-refractivity contribution in [2.24, 2.45) is 11.3 Å². The summed E-state index contributed by atoms with van der Waals surface area (Å²) in [7, 11) is 1.54. The quantitative estimate of drug-likeness (QED) is 0.416. The first kappa shape index (κ1) is 26.4. The largest absolute Gasteiger partial charge is 0.496 e. The van der Waals surface area contributed by atoms with Gasteiger partial charge in [-0.05, 0) is 49.3 Å². The van der Waals surface area contributed by atoms with Gasteiger partial charge >= 0.3 is 0 Å². The molecule has 1 aromatic heterocycles. The molecule has 2 aromatic rings. The van der Waals surface area contributed by atoms with E-state index in [0.717, 1.165) is 12.8 Å². The van der Waals surface area contributed by atoms with Crippen molar-refractivity contribution in [3.63, 3.8) is 0 Å². The molecular formula is C26H33ClN4O4. The van der Waals surface area contributed by atoms with E-state index >= 15 is 0 Å². The highest BCUT2D eigenvalue weighted by Gasteiger charge is 2.31. The summed E-state index contributed by atoms with van der Waals surface area (Å²) in [5.41, 5.74) is 0.577. The number of benzene rings is 1. The number of piperidine rings is 1. The van der Waals surface area contributed by atoms with E-state index in [2.05, 4.69) is 26.9 Å². The second kappa shape index (κ2) is 11.0. The Morgan fingerprint density at radius 2 is 2.06 bits per heavy atom. The first-order chi connectivity index (χ1) is 16.5. The monoisotopic (exact) mass is 500 g/mol. The molecule has 4 N–H and O–H groups in total. The molecule has 8 nitrogen and oxygen atoms in total. The van der Waals surface area contributed by atoms with Crippen LogP contribution in [-0.4, -0.2) is 48.4 Å². The maximum absolute atomic E-state index is 13.2. The molecule has 3 unspecified atom stereocenters. The molecule has 1 aromatic carbocycles. The number of hydrogen-bond acceptors (Lipinski definition) is 4. The molecule has 1 saturated heterocycles. The fourth-order valence-electron chi connectivity index (χ4n) is 4.30. The van der Waals surface area contributed by atoms with Crippen molar-refractivity contribution in [1.29, 1.82) is 0 Å². The summed E-state index contributed by atoms with van der Waals surface area (Å²) in [6.07, 6.45) is 8.02. The minimum Gasteiger partial charge on any atom is -0.496 e. The number of methoxy groups -OCH3 is 1. The van der Waals surface area contributed by atoms with E-state index in [9.17, 15) is 14.4 Å². The van der Waals surface area contributed by atoms with Gasteiger partial charge in [-0.3, -0.25) is 14.4 Å². The molecular weight excluding hydrogens is 468 g/mol. The Balaban J connectivity index is 1.77. The molecule has 0 saturated carbocycles. The highest BCUT2D eigenvalue weighted by molar-refractivity contribution is 6.35. The van der Waals surface area contributed by atoms with Crippen molar-refractivity contribution in [2.75, 3.05) is 13.7 Å². The smallest absolute Gasteiger partial charge is 0.268 e. The summed E-state index contributed by atoms with van der Waals surface area (Å²) in [5.74, 6) is 2.03. The molecule has 3 rings (SSSR count). The fraction of sp³-hybridized carbons (Fsp3) is 0.500. The predicted molar refractivity (Wildman–Crippen MR) is 136 cm³/mol. The number of fused-ring (bicyclic) bond motifs is 1. The summed E-state index contributed by atoms with van der Waals surface area (Å²) in [4.78, 5) is 41.5. The van der Waals surface area contributed by atoms with E-state index in [4.69, 9.17) is 22.8 Å². The zero-order chi connectivity index (χ0) is 25.8. The lowest BCUT2D eigenvalue weighted by atomic mass is 9.87. The van der Waals surface area contributed by atoms with Gasteiger partial charge in [0.1, 0.15) is 17.5 Å². The number of nitrogens with one attached hydrogen (secondary N) is 4. The molecule has 1 aliphatic rings. The number of aromatic nitrogens is 1. The number of carbonyl (C=O) groups excluding carboxylic acids is 3. The van der Waals surface area contributed by atoms with Crippen molar-refractivity contribution in [2.45, 2.75) is 58.5 Å². The first-order valence-electron chi connectivity index (χ1n) is 11.7. The van der Waals surface area contributed by atoms with Gasteiger partial charge in [-0.2, -0.15) is 0 Å². The van der Waals surface area contributed by atoms with Gasteiger partial charge in [0.15, 0.2) is 0 Å². The van der Waals surface area contributed by atoms with Crippen LogP contribution in [0.3, 0.4) is 0 Å². The van der Waals surface area contributed by atoms with Crippen LogP contribution in [0.4, 0.5) is 0 Å². The Kier molecular flexibility index (Phi) is 8.34. The molecule has 35 heavy (non-hydrogen) atoms. The summed E-state index contributed by atoms with van der Waals surface area (Å²) < 4.78 is 5.37. The first-order valence-corrected chi connectivity index (χ1v) is 12.1. The van der Waals surface area contributed by atoms with Gasteiger partial charge < -0.3 is 25.7 Å². The van der Waals surface area contributed by atoms with Gasteiger partial charge in [-0.1, -0.05) is 38.3 Å². The normalized spacial score (nSPS) is 17.7. The molecule has 9 heteroatoms. The van der Waals surface area contributed by atoms with Crippen LogP contribution >= 0.6 is 11.6 Å². The topological polar surface area (TPSA) is 112 Å². The van der Waals surface area contributed by atoms with Crippen molar-refractivity contribution >= 4 is 40.2 Å². The number of hydrogen-bond donors (Lipinski definition) is 4. The van der Waals surface area contributed by atoms with Crippen LogP contribution < -0.4 is 20.7 Å². The fourth-order valence-corrected chi connectivity index (χ4v) is 4.52. The molecule has 3 amide bonds. The standard InChI is InChI=1S/C26H33ClN4O4/c1-6-16(12-15-8-7-11-28-23(15)32)29-25(34)20(14-26(2,3)4)31-24(33)19-13-17-21(35-5)10-9-18(27)22(17)30-19/h1,9-10,13,15-16,20,30H,7-8,11-12,14H2,2-5H3,(H,28,32)(H,29,34)(H,31,33). The number of H-pyrrole nitrogens is 1. The lowest BCUT2D eigenvalue weighted by Crippen LogP contribution is -2.51. The average Bonchev–Trinajstić information content (AvgIpc) is 3.25. The number of carbonyl (C=O) groups is 3. The SMILES string of the molecule is C#CC(CC1CCCNC1=O)NC(=O)C(CC(C)(C)C)NC(=O)c1cc2c(OC)ccc(Cl)c2[nH]1. The highest BCUT2D eigenvalue weighted by Crippen LogP contribution is 2.32. The Bertz CT molecular complexity index is 1140. The van der Waals surface area contributed by atoms with E-state index in [1.54, 1.807) is 18.2 Å². The van der Waals surface area contributed by atoms with Crippen LogP contribution in [0.25, 0.3) is 10.9 Å². The number of aromatic amines is 1. The summed E-state index contributed by atoms with van der Waals surface area (Å²) >= 11 is 6.28. The third-order valence-electron chi connectivity index (χ3n) is 6.04. The number of ether oxygens (including phenoxy) is 1. The molecule has 0 aliphatic carbocycles. The maximum Gasteiger partial charge on any atom is 0.268 e. The van der Waals surface area contributed by atoms with Gasteiger partial charge in [0.25, 0.3) is 5.91 Å². The molecule has 2 heterocycles. The predicted octanol–water partition coefficient (Wildman–Crippen LogP) is 3.40. The van der Waals surface area contributed by atoms with Crippen molar-refractivity contribution < 1.29 is 19.1 Å². The van der Waals surface area contributed by atoms with Gasteiger partial charge in [-0.25, -0.2) is 0 Å². The minimum atomic E-state index is -0.831. The number of terminal acetylenes is 1. The number of amides is 3.